The van der Waals surface area contributed by atoms with Crippen LogP contribution in [-0.2, 0) is 4.79 Å². The lowest BCUT2D eigenvalue weighted by molar-refractivity contribution is -0.130. The molecule has 3 nitrogen and oxygen atoms in total. The molecule has 1 amide bonds. The third-order valence-corrected chi connectivity index (χ3v) is 3.30. The molecular weight excluding hydrogens is 224 g/mol. The van der Waals surface area contributed by atoms with Crippen molar-refractivity contribution in [3.63, 3.8) is 0 Å². The summed E-state index contributed by atoms with van der Waals surface area (Å²) in [6.45, 7) is 8.56. The first-order valence-corrected chi connectivity index (χ1v) is 6.47. The van der Waals surface area contributed by atoms with Crippen molar-refractivity contribution in [3.05, 3.63) is 35.4 Å². The number of rotatable bonds is 5. The minimum Gasteiger partial charge on any atom is -0.342 e. The number of nitrogens with zero attached hydrogens (tertiary/aromatic N) is 1. The summed E-state index contributed by atoms with van der Waals surface area (Å²) in [5.74, 6) is 0.129. The Morgan fingerprint density at radius 1 is 1.22 bits per heavy atom. The van der Waals surface area contributed by atoms with E-state index in [4.69, 9.17) is 0 Å². The van der Waals surface area contributed by atoms with Crippen molar-refractivity contribution >= 4 is 5.91 Å². The highest BCUT2D eigenvalue weighted by Crippen LogP contribution is 2.12. The molecule has 0 bridgehead atoms. The molecule has 0 unspecified atom stereocenters. The summed E-state index contributed by atoms with van der Waals surface area (Å²) < 4.78 is 0. The van der Waals surface area contributed by atoms with Crippen LogP contribution in [0.5, 0.6) is 0 Å². The van der Waals surface area contributed by atoms with Crippen molar-refractivity contribution in [2.75, 3.05) is 13.6 Å². The van der Waals surface area contributed by atoms with E-state index < -0.39 is 0 Å². The maximum Gasteiger partial charge on any atom is 0.236 e. The molecule has 1 aromatic rings. The first-order valence-electron chi connectivity index (χ1n) is 6.47. The number of hydrogen-bond donors (Lipinski definition) is 1. The molecule has 0 aliphatic rings. The van der Waals surface area contributed by atoms with Crippen molar-refractivity contribution in [3.8, 4) is 0 Å². The summed E-state index contributed by atoms with van der Waals surface area (Å²) in [6.07, 6.45) is 0. The quantitative estimate of drug-likeness (QED) is 0.868. The van der Waals surface area contributed by atoms with Crippen molar-refractivity contribution in [2.24, 2.45) is 0 Å². The fourth-order valence-electron chi connectivity index (χ4n) is 1.63. The molecule has 0 saturated heterocycles. The predicted molar refractivity (Wildman–Crippen MR) is 75.5 cm³/mol. The third kappa shape index (κ3) is 4.15. The van der Waals surface area contributed by atoms with E-state index in [0.29, 0.717) is 6.54 Å². The van der Waals surface area contributed by atoms with Crippen LogP contribution in [0, 0.1) is 6.92 Å². The molecule has 100 valence electrons. The largest absolute Gasteiger partial charge is 0.342 e. The molecule has 1 N–H and O–H groups in total. The lowest BCUT2D eigenvalue weighted by atomic mass is 10.1. The molecule has 0 fully saturated rings. The van der Waals surface area contributed by atoms with Crippen LogP contribution in [0.25, 0.3) is 0 Å². The molecule has 1 aromatic carbocycles. The minimum atomic E-state index is 0.129. The van der Waals surface area contributed by atoms with E-state index in [-0.39, 0.29) is 18.0 Å². The highest BCUT2D eigenvalue weighted by atomic mass is 16.2. The van der Waals surface area contributed by atoms with Gasteiger partial charge in [-0.3, -0.25) is 4.79 Å². The van der Waals surface area contributed by atoms with Crippen LogP contribution in [0.3, 0.4) is 0 Å². The molecule has 0 saturated carbocycles. The number of carbonyl (C=O) groups excluding carboxylic acids is 1. The van der Waals surface area contributed by atoms with Gasteiger partial charge < -0.3 is 10.2 Å². The number of hydrogen-bond acceptors (Lipinski definition) is 2. The molecule has 0 aliphatic carbocycles. The molecule has 3 heteroatoms. The number of benzene rings is 1. The van der Waals surface area contributed by atoms with Crippen molar-refractivity contribution in [1.29, 1.82) is 0 Å². The molecule has 0 aromatic heterocycles. The molecule has 18 heavy (non-hydrogen) atoms. The highest BCUT2D eigenvalue weighted by molar-refractivity contribution is 5.78. The third-order valence-electron chi connectivity index (χ3n) is 3.30. The minimum absolute atomic E-state index is 0.129. The Hall–Kier alpha value is -1.35. The van der Waals surface area contributed by atoms with Crippen LogP contribution in [0.4, 0.5) is 0 Å². The summed E-state index contributed by atoms with van der Waals surface area (Å²) in [4.78, 5) is 13.6. The van der Waals surface area contributed by atoms with Crippen LogP contribution >= 0.6 is 0 Å². The number of likely N-dealkylation sites (N-methyl/N-ethyl adjacent to an activating group) is 1. The van der Waals surface area contributed by atoms with Crippen molar-refractivity contribution in [2.45, 2.75) is 39.8 Å². The maximum atomic E-state index is 11.8. The zero-order valence-corrected chi connectivity index (χ0v) is 12.0. The normalized spacial score (nSPS) is 12.6. The Labute approximate surface area is 110 Å². The van der Waals surface area contributed by atoms with Crippen LogP contribution in [-0.4, -0.2) is 30.4 Å². The zero-order chi connectivity index (χ0) is 13.7. The average Bonchev–Trinajstić information content (AvgIpc) is 2.35. The number of amides is 1. The predicted octanol–water partition coefficient (Wildman–Crippen LogP) is 2.51. The fourth-order valence-corrected chi connectivity index (χ4v) is 1.63. The van der Waals surface area contributed by atoms with Gasteiger partial charge in [-0.25, -0.2) is 0 Å². The van der Waals surface area contributed by atoms with E-state index in [2.05, 4.69) is 43.4 Å². The van der Waals surface area contributed by atoms with Crippen LogP contribution in [0.15, 0.2) is 24.3 Å². The van der Waals surface area contributed by atoms with Gasteiger partial charge in [0, 0.05) is 19.1 Å². The van der Waals surface area contributed by atoms with Gasteiger partial charge in [0.2, 0.25) is 5.91 Å². The van der Waals surface area contributed by atoms with Gasteiger partial charge in [0.05, 0.1) is 6.54 Å². The van der Waals surface area contributed by atoms with E-state index in [1.54, 1.807) is 4.90 Å². The summed E-state index contributed by atoms with van der Waals surface area (Å²) in [5.41, 5.74) is 2.46. The molecule has 1 atom stereocenters. The highest BCUT2D eigenvalue weighted by Gasteiger charge is 2.13. The topological polar surface area (TPSA) is 32.3 Å². The molecule has 1 rings (SSSR count). The lowest BCUT2D eigenvalue weighted by Crippen LogP contribution is -2.40. The summed E-state index contributed by atoms with van der Waals surface area (Å²) >= 11 is 0. The zero-order valence-electron chi connectivity index (χ0n) is 12.0. The van der Waals surface area contributed by atoms with Gasteiger partial charge in [-0.2, -0.15) is 0 Å². The summed E-state index contributed by atoms with van der Waals surface area (Å²) in [7, 11) is 1.84. The van der Waals surface area contributed by atoms with Gasteiger partial charge in [-0.05, 0) is 33.3 Å². The van der Waals surface area contributed by atoms with Crippen LogP contribution in [0.2, 0.25) is 0 Å². The van der Waals surface area contributed by atoms with E-state index in [9.17, 15) is 4.79 Å². The summed E-state index contributed by atoms with van der Waals surface area (Å²) in [5, 5.41) is 3.26. The molecule has 0 spiro atoms. The van der Waals surface area contributed by atoms with Crippen LogP contribution < -0.4 is 5.32 Å². The standard InChI is InChI=1S/C15H24N2O/c1-11(2)17(5)15(18)10-16-13(4)14-8-6-12(3)7-9-14/h6-9,11,13,16H,10H2,1-5H3/t13-/m0/s1. The Morgan fingerprint density at radius 3 is 2.28 bits per heavy atom. The maximum absolute atomic E-state index is 11.8. The average molecular weight is 248 g/mol. The van der Waals surface area contributed by atoms with Gasteiger partial charge >= 0.3 is 0 Å². The van der Waals surface area contributed by atoms with Gasteiger partial charge in [-0.15, -0.1) is 0 Å². The lowest BCUT2D eigenvalue weighted by Gasteiger charge is -2.23. The SMILES string of the molecule is Cc1ccc([C@H](C)NCC(=O)N(C)C(C)C)cc1. The number of carbonyl (C=O) groups is 1. The van der Waals surface area contributed by atoms with E-state index in [1.807, 2.05) is 20.9 Å². The second-order valence-electron chi connectivity index (χ2n) is 5.11. The van der Waals surface area contributed by atoms with Crippen LogP contribution in [0.1, 0.15) is 37.9 Å². The Bertz CT molecular complexity index is 384. The number of nitrogens with one attached hydrogen (secondary N) is 1. The Balaban J connectivity index is 2.48. The second kappa shape index (κ2) is 6.55. The van der Waals surface area contributed by atoms with Crippen molar-refractivity contribution in [1.82, 2.24) is 10.2 Å². The molecule has 0 aliphatic heterocycles. The number of aryl methyl sites for hydroxylation is 1. The first kappa shape index (κ1) is 14.7. The van der Waals surface area contributed by atoms with E-state index >= 15 is 0 Å². The van der Waals surface area contributed by atoms with E-state index in [0.717, 1.165) is 0 Å². The Kier molecular flexibility index (Phi) is 5.35. The smallest absolute Gasteiger partial charge is 0.236 e. The molecular formula is C15H24N2O. The molecule has 0 heterocycles. The second-order valence-corrected chi connectivity index (χ2v) is 5.11. The summed E-state index contributed by atoms with van der Waals surface area (Å²) in [6, 6.07) is 8.82. The Morgan fingerprint density at radius 2 is 1.78 bits per heavy atom. The van der Waals surface area contributed by atoms with Gasteiger partial charge in [0.15, 0.2) is 0 Å². The fraction of sp³-hybridized carbons (Fsp3) is 0.533. The van der Waals surface area contributed by atoms with E-state index in [1.165, 1.54) is 11.1 Å². The van der Waals surface area contributed by atoms with Gasteiger partial charge in [0.1, 0.15) is 0 Å². The first-order chi connectivity index (χ1) is 8.41. The molecule has 0 radical (unpaired) electrons. The van der Waals surface area contributed by atoms with Crippen molar-refractivity contribution < 1.29 is 4.79 Å². The monoisotopic (exact) mass is 248 g/mol. The van der Waals surface area contributed by atoms with Gasteiger partial charge in [-0.1, -0.05) is 29.8 Å². The van der Waals surface area contributed by atoms with Gasteiger partial charge in [0.25, 0.3) is 0 Å².